The van der Waals surface area contributed by atoms with Crippen LogP contribution in [0.4, 0.5) is 5.69 Å². The number of pyridine rings is 1. The molecule has 1 atom stereocenters. The first-order valence-corrected chi connectivity index (χ1v) is 7.98. The van der Waals surface area contributed by atoms with Crippen molar-refractivity contribution in [3.63, 3.8) is 0 Å². The van der Waals surface area contributed by atoms with Crippen LogP contribution in [0.5, 0.6) is 5.75 Å². The van der Waals surface area contributed by atoms with Crippen molar-refractivity contribution in [2.24, 2.45) is 4.99 Å². The third kappa shape index (κ3) is 3.02. The lowest BCUT2D eigenvalue weighted by atomic mass is 10.2. The number of aromatic nitrogens is 1. The molecular weight excluding hydrogens is 306 g/mol. The number of aromatic hydroxyl groups is 1. The highest BCUT2D eigenvalue weighted by molar-refractivity contribution is 8.14. The lowest BCUT2D eigenvalue weighted by molar-refractivity contribution is -0.141. The second kappa shape index (κ2) is 6.53. The number of morpholine rings is 1. The minimum atomic E-state index is -0.523. The van der Waals surface area contributed by atoms with E-state index in [0.29, 0.717) is 29.7 Å². The molecule has 1 aromatic rings. The third-order valence-electron chi connectivity index (χ3n) is 3.56. The molecule has 1 aromatic heterocycles. The minimum absolute atomic E-state index is 0.0701. The van der Waals surface area contributed by atoms with Crippen molar-refractivity contribution in [2.45, 2.75) is 6.04 Å². The Morgan fingerprint density at radius 2 is 2.27 bits per heavy atom. The zero-order valence-corrected chi connectivity index (χ0v) is 13.0. The van der Waals surface area contributed by atoms with E-state index in [-0.39, 0.29) is 11.7 Å². The Kier molecular flexibility index (Phi) is 4.49. The zero-order valence-electron chi connectivity index (χ0n) is 12.2. The first kappa shape index (κ1) is 15.1. The van der Waals surface area contributed by atoms with Crippen LogP contribution in [0.2, 0.25) is 0 Å². The molecule has 0 amide bonds. The standard InChI is InChI=1S/C14H17N3O4S/c1-20-14(19)10-8-22-13(16-10)12-11(18)6-9(7-15-12)17-2-4-21-5-3-17/h6-7,10,18H,2-5,8H2,1H3/t10-/m1/s1. The van der Waals surface area contributed by atoms with Gasteiger partial charge in [0.25, 0.3) is 0 Å². The predicted octanol–water partition coefficient (Wildman–Crippen LogP) is 0.659. The quantitative estimate of drug-likeness (QED) is 0.818. The monoisotopic (exact) mass is 323 g/mol. The fraction of sp³-hybridized carbons (Fsp3) is 0.500. The van der Waals surface area contributed by atoms with Crippen molar-refractivity contribution in [1.82, 2.24) is 4.98 Å². The molecule has 0 unspecified atom stereocenters. The molecular formula is C14H17N3O4S. The van der Waals surface area contributed by atoms with E-state index in [1.165, 1.54) is 18.9 Å². The lowest BCUT2D eigenvalue weighted by Gasteiger charge is -2.28. The van der Waals surface area contributed by atoms with Gasteiger partial charge in [-0.25, -0.2) is 9.78 Å². The van der Waals surface area contributed by atoms with Crippen molar-refractivity contribution in [3.8, 4) is 5.75 Å². The second-order valence-corrected chi connectivity index (χ2v) is 5.95. The van der Waals surface area contributed by atoms with Gasteiger partial charge in [-0.1, -0.05) is 0 Å². The summed E-state index contributed by atoms with van der Waals surface area (Å²) in [5.74, 6) is 0.210. The Hall–Kier alpha value is -1.80. The average Bonchev–Trinajstić information content (AvgIpc) is 3.04. The maximum atomic E-state index is 11.5. The molecule has 0 aliphatic carbocycles. The number of ether oxygens (including phenoxy) is 2. The number of carbonyl (C=O) groups excluding carboxylic acids is 1. The van der Waals surface area contributed by atoms with Gasteiger partial charge in [-0.15, -0.1) is 11.8 Å². The number of anilines is 1. The summed E-state index contributed by atoms with van der Waals surface area (Å²) in [4.78, 5) is 22.2. The van der Waals surface area contributed by atoms with Crippen molar-refractivity contribution in [3.05, 3.63) is 18.0 Å². The van der Waals surface area contributed by atoms with Crippen LogP contribution in [0, 0.1) is 0 Å². The van der Waals surface area contributed by atoms with E-state index in [4.69, 9.17) is 4.74 Å². The van der Waals surface area contributed by atoms with Crippen LogP contribution in [0.15, 0.2) is 17.3 Å². The lowest BCUT2D eigenvalue weighted by Crippen LogP contribution is -2.36. The molecule has 8 heteroatoms. The van der Waals surface area contributed by atoms with Crippen LogP contribution in [0.3, 0.4) is 0 Å². The summed E-state index contributed by atoms with van der Waals surface area (Å²) in [6, 6.07) is 1.16. The van der Waals surface area contributed by atoms with E-state index in [2.05, 4.69) is 19.6 Å². The summed E-state index contributed by atoms with van der Waals surface area (Å²) in [6.45, 7) is 2.90. The topological polar surface area (TPSA) is 84.2 Å². The van der Waals surface area contributed by atoms with E-state index in [0.717, 1.165) is 18.8 Å². The SMILES string of the molecule is COC(=O)[C@H]1CSC(c2ncc(N3CCOCC3)cc2O)=N1. The van der Waals surface area contributed by atoms with Crippen LogP contribution < -0.4 is 4.90 Å². The highest BCUT2D eigenvalue weighted by atomic mass is 32.2. The molecule has 0 saturated carbocycles. The number of methoxy groups -OCH3 is 1. The molecule has 2 aliphatic rings. The number of thioether (sulfide) groups is 1. The molecule has 0 bridgehead atoms. The fourth-order valence-corrected chi connectivity index (χ4v) is 3.38. The van der Waals surface area contributed by atoms with Crippen LogP contribution in [0.1, 0.15) is 5.69 Å². The van der Waals surface area contributed by atoms with E-state index in [1.54, 1.807) is 12.3 Å². The van der Waals surface area contributed by atoms with Crippen molar-refractivity contribution >= 4 is 28.5 Å². The van der Waals surface area contributed by atoms with Crippen LogP contribution >= 0.6 is 11.8 Å². The third-order valence-corrected chi connectivity index (χ3v) is 4.61. The number of carbonyl (C=O) groups is 1. The van der Waals surface area contributed by atoms with Gasteiger partial charge in [0.05, 0.1) is 32.2 Å². The highest BCUT2D eigenvalue weighted by Gasteiger charge is 2.28. The maximum absolute atomic E-state index is 11.5. The van der Waals surface area contributed by atoms with E-state index in [1.807, 2.05) is 0 Å². The number of esters is 1. The molecule has 0 radical (unpaired) electrons. The summed E-state index contributed by atoms with van der Waals surface area (Å²) in [5, 5.41) is 10.8. The number of nitrogens with zero attached hydrogens (tertiary/aromatic N) is 3. The molecule has 118 valence electrons. The largest absolute Gasteiger partial charge is 0.506 e. The molecule has 22 heavy (non-hydrogen) atoms. The number of hydrogen-bond donors (Lipinski definition) is 1. The molecule has 3 rings (SSSR count). The highest BCUT2D eigenvalue weighted by Crippen LogP contribution is 2.30. The molecule has 1 N–H and O–H groups in total. The van der Waals surface area contributed by atoms with Gasteiger partial charge < -0.3 is 19.5 Å². The van der Waals surface area contributed by atoms with Gasteiger partial charge in [0.15, 0.2) is 6.04 Å². The molecule has 2 aliphatic heterocycles. The van der Waals surface area contributed by atoms with Gasteiger partial charge in [-0.2, -0.15) is 0 Å². The average molecular weight is 323 g/mol. The number of aliphatic imine (C=N–C) groups is 1. The van der Waals surface area contributed by atoms with E-state index >= 15 is 0 Å². The number of hydrogen-bond acceptors (Lipinski definition) is 8. The maximum Gasteiger partial charge on any atom is 0.331 e. The molecule has 3 heterocycles. The molecule has 1 saturated heterocycles. The molecule has 0 spiro atoms. The molecule has 7 nitrogen and oxygen atoms in total. The Labute approximate surface area is 132 Å². The Morgan fingerprint density at radius 3 is 2.95 bits per heavy atom. The molecule has 0 aromatic carbocycles. The smallest absolute Gasteiger partial charge is 0.331 e. The summed E-state index contributed by atoms with van der Waals surface area (Å²) in [6.07, 6.45) is 1.72. The van der Waals surface area contributed by atoms with Gasteiger partial charge in [0.2, 0.25) is 0 Å². The van der Waals surface area contributed by atoms with E-state index in [9.17, 15) is 9.90 Å². The van der Waals surface area contributed by atoms with Gasteiger partial charge >= 0.3 is 5.97 Å². The Bertz CT molecular complexity index is 602. The summed E-state index contributed by atoms with van der Waals surface area (Å²) in [5.41, 5.74) is 1.27. The zero-order chi connectivity index (χ0) is 15.5. The van der Waals surface area contributed by atoms with Crippen LogP contribution in [-0.4, -0.2) is 66.3 Å². The van der Waals surface area contributed by atoms with E-state index < -0.39 is 6.04 Å². The summed E-state index contributed by atoms with van der Waals surface area (Å²) in [7, 11) is 1.34. The van der Waals surface area contributed by atoms with Gasteiger partial charge in [-0.3, -0.25) is 4.99 Å². The molecule has 1 fully saturated rings. The van der Waals surface area contributed by atoms with Crippen LogP contribution in [-0.2, 0) is 14.3 Å². The van der Waals surface area contributed by atoms with Crippen molar-refractivity contribution in [1.29, 1.82) is 0 Å². The van der Waals surface area contributed by atoms with Crippen molar-refractivity contribution in [2.75, 3.05) is 44.1 Å². The number of rotatable bonds is 3. The first-order valence-electron chi connectivity index (χ1n) is 6.99. The fourth-order valence-electron chi connectivity index (χ4n) is 2.36. The Balaban J connectivity index is 1.79. The van der Waals surface area contributed by atoms with Crippen LogP contribution in [0.25, 0.3) is 0 Å². The normalized spacial score (nSPS) is 21.6. The Morgan fingerprint density at radius 1 is 1.50 bits per heavy atom. The first-order chi connectivity index (χ1) is 10.7. The van der Waals surface area contributed by atoms with Gasteiger partial charge in [0.1, 0.15) is 16.5 Å². The summed E-state index contributed by atoms with van der Waals surface area (Å²) < 4.78 is 10.00. The van der Waals surface area contributed by atoms with Gasteiger partial charge in [-0.05, 0) is 0 Å². The second-order valence-electron chi connectivity index (χ2n) is 4.94. The van der Waals surface area contributed by atoms with Gasteiger partial charge in [0, 0.05) is 24.9 Å². The predicted molar refractivity (Wildman–Crippen MR) is 83.7 cm³/mol. The summed E-state index contributed by atoms with van der Waals surface area (Å²) >= 11 is 1.40. The van der Waals surface area contributed by atoms with Crippen molar-refractivity contribution < 1.29 is 19.4 Å². The minimum Gasteiger partial charge on any atom is -0.506 e.